The van der Waals surface area contributed by atoms with Crippen molar-refractivity contribution in [3.8, 4) is 0 Å². The van der Waals surface area contributed by atoms with E-state index >= 15 is 0 Å². The van der Waals surface area contributed by atoms with Crippen molar-refractivity contribution in [3.05, 3.63) is 42.1 Å². The molecule has 4 nitrogen and oxygen atoms in total. The number of hydrogen-bond acceptors (Lipinski definition) is 4. The highest BCUT2D eigenvalue weighted by molar-refractivity contribution is 5.78. The van der Waals surface area contributed by atoms with Crippen LogP contribution in [0, 0.1) is 0 Å². The lowest BCUT2D eigenvalue weighted by Gasteiger charge is -2.25. The topological polar surface area (TPSA) is 60.2 Å². The lowest BCUT2D eigenvalue weighted by atomic mass is 10.0. The maximum Gasteiger partial charge on any atom is 0.0741 e. The summed E-state index contributed by atoms with van der Waals surface area (Å²) in [7, 11) is 1.73. The minimum absolute atomic E-state index is 0.0774. The second-order valence-corrected chi connectivity index (χ2v) is 5.04. The van der Waals surface area contributed by atoms with Gasteiger partial charge in [-0.1, -0.05) is 37.6 Å². The van der Waals surface area contributed by atoms with Crippen molar-refractivity contribution >= 4 is 10.9 Å². The van der Waals surface area contributed by atoms with Crippen LogP contribution in [0.5, 0.6) is 0 Å². The average molecular weight is 273 g/mol. The van der Waals surface area contributed by atoms with E-state index < -0.39 is 0 Å². The number of hydrazine groups is 1. The molecular formula is C16H23N3O. The molecule has 0 amide bonds. The van der Waals surface area contributed by atoms with Gasteiger partial charge in [-0.05, 0) is 18.6 Å². The highest BCUT2D eigenvalue weighted by Gasteiger charge is 2.20. The molecule has 1 heterocycles. The van der Waals surface area contributed by atoms with E-state index in [1.165, 1.54) is 0 Å². The van der Waals surface area contributed by atoms with Gasteiger partial charge in [0.1, 0.15) is 0 Å². The first-order valence-electron chi connectivity index (χ1n) is 7.12. The molecule has 0 saturated heterocycles. The average Bonchev–Trinajstić information content (AvgIpc) is 2.50. The quantitative estimate of drug-likeness (QED) is 0.601. The summed E-state index contributed by atoms with van der Waals surface area (Å²) in [6.45, 7) is 2.15. The molecule has 0 aliphatic rings. The minimum Gasteiger partial charge on any atom is -0.380 e. The molecule has 2 rings (SSSR count). The number of rotatable bonds is 7. The van der Waals surface area contributed by atoms with Crippen molar-refractivity contribution in [2.24, 2.45) is 5.84 Å². The molecule has 2 atom stereocenters. The Balaban J connectivity index is 2.16. The van der Waals surface area contributed by atoms with E-state index in [1.807, 2.05) is 18.2 Å². The first-order valence-corrected chi connectivity index (χ1v) is 7.12. The van der Waals surface area contributed by atoms with Crippen molar-refractivity contribution in [2.75, 3.05) is 7.11 Å². The van der Waals surface area contributed by atoms with E-state index in [0.29, 0.717) is 0 Å². The smallest absolute Gasteiger partial charge is 0.0741 e. The van der Waals surface area contributed by atoms with Gasteiger partial charge in [0.25, 0.3) is 0 Å². The summed E-state index contributed by atoms with van der Waals surface area (Å²) < 4.78 is 5.53. The molecule has 2 aromatic rings. The molecule has 1 aromatic heterocycles. The summed E-state index contributed by atoms with van der Waals surface area (Å²) in [6.07, 6.45) is 2.93. The first-order chi connectivity index (χ1) is 9.78. The number of ether oxygens (including phenoxy) is 1. The fraction of sp³-hybridized carbons (Fsp3) is 0.438. The lowest BCUT2D eigenvalue weighted by Crippen LogP contribution is -2.46. The van der Waals surface area contributed by atoms with Crippen molar-refractivity contribution in [1.29, 1.82) is 0 Å². The SMILES string of the molecule is CCCC(OC)C(Cc1ccc2ccccc2n1)NN. The Bertz CT molecular complexity index is 544. The van der Waals surface area contributed by atoms with Gasteiger partial charge >= 0.3 is 0 Å². The fourth-order valence-electron chi connectivity index (χ4n) is 2.51. The molecule has 0 aliphatic heterocycles. The number of nitrogens with zero attached hydrogens (tertiary/aromatic N) is 1. The van der Waals surface area contributed by atoms with Gasteiger partial charge in [0, 0.05) is 24.6 Å². The Hall–Kier alpha value is -1.49. The number of fused-ring (bicyclic) bond motifs is 1. The second kappa shape index (κ2) is 7.33. The molecule has 3 N–H and O–H groups in total. The predicted molar refractivity (Wildman–Crippen MR) is 82.3 cm³/mol. The number of para-hydroxylation sites is 1. The Morgan fingerprint density at radius 2 is 2.05 bits per heavy atom. The molecule has 0 spiro atoms. The number of aromatic nitrogens is 1. The molecule has 1 aromatic carbocycles. The van der Waals surface area contributed by atoms with E-state index in [2.05, 4.69) is 35.5 Å². The van der Waals surface area contributed by atoms with Crippen molar-refractivity contribution in [1.82, 2.24) is 10.4 Å². The number of pyridine rings is 1. The number of nitrogens with one attached hydrogen (secondary N) is 1. The molecule has 0 bridgehead atoms. The van der Waals surface area contributed by atoms with Gasteiger partial charge in [-0.15, -0.1) is 0 Å². The molecule has 20 heavy (non-hydrogen) atoms. The zero-order valence-corrected chi connectivity index (χ0v) is 12.2. The van der Waals surface area contributed by atoms with Crippen LogP contribution in [0.2, 0.25) is 0 Å². The van der Waals surface area contributed by atoms with Gasteiger partial charge < -0.3 is 4.74 Å². The summed E-state index contributed by atoms with van der Waals surface area (Å²) in [4.78, 5) is 4.69. The Morgan fingerprint density at radius 3 is 2.75 bits per heavy atom. The van der Waals surface area contributed by atoms with Crippen molar-refractivity contribution in [3.63, 3.8) is 0 Å². The van der Waals surface area contributed by atoms with Crippen LogP contribution in [0.4, 0.5) is 0 Å². The third-order valence-electron chi connectivity index (χ3n) is 3.62. The van der Waals surface area contributed by atoms with Gasteiger partial charge in [-0.2, -0.15) is 0 Å². The van der Waals surface area contributed by atoms with Gasteiger partial charge in [-0.25, -0.2) is 0 Å². The standard InChI is InChI=1S/C16H23N3O/c1-3-6-16(20-2)15(19-17)11-13-10-9-12-7-4-5-8-14(12)18-13/h4-5,7-10,15-16,19H,3,6,11,17H2,1-2H3. The molecule has 0 aliphatic carbocycles. The van der Waals surface area contributed by atoms with Crippen molar-refractivity contribution in [2.45, 2.75) is 38.3 Å². The van der Waals surface area contributed by atoms with Crippen LogP contribution in [-0.4, -0.2) is 24.2 Å². The number of hydrogen-bond donors (Lipinski definition) is 2. The zero-order valence-electron chi connectivity index (χ0n) is 12.2. The normalized spacial score (nSPS) is 14.3. The van der Waals surface area contributed by atoms with E-state index in [1.54, 1.807) is 7.11 Å². The fourth-order valence-corrected chi connectivity index (χ4v) is 2.51. The van der Waals surface area contributed by atoms with Crippen LogP contribution in [0.1, 0.15) is 25.5 Å². The number of nitrogens with two attached hydrogens (primary N) is 1. The molecule has 108 valence electrons. The van der Waals surface area contributed by atoms with Gasteiger partial charge in [0.2, 0.25) is 0 Å². The molecule has 2 unspecified atom stereocenters. The van der Waals surface area contributed by atoms with Crippen LogP contribution in [0.25, 0.3) is 10.9 Å². The Morgan fingerprint density at radius 1 is 1.25 bits per heavy atom. The molecule has 0 radical (unpaired) electrons. The predicted octanol–water partition coefficient (Wildman–Crippen LogP) is 2.42. The maximum atomic E-state index is 5.68. The van der Waals surface area contributed by atoms with E-state index in [0.717, 1.165) is 35.9 Å². The maximum absolute atomic E-state index is 5.68. The minimum atomic E-state index is 0.0774. The summed E-state index contributed by atoms with van der Waals surface area (Å²) in [5, 5.41) is 1.16. The Kier molecular flexibility index (Phi) is 5.47. The number of methoxy groups -OCH3 is 1. The van der Waals surface area contributed by atoms with Gasteiger partial charge in [0.15, 0.2) is 0 Å². The highest BCUT2D eigenvalue weighted by Crippen LogP contribution is 2.15. The van der Waals surface area contributed by atoms with E-state index in [4.69, 9.17) is 10.6 Å². The Labute approximate surface area is 120 Å². The third-order valence-corrected chi connectivity index (χ3v) is 3.62. The number of benzene rings is 1. The molecule has 0 fully saturated rings. The van der Waals surface area contributed by atoms with Gasteiger partial charge in [-0.3, -0.25) is 16.3 Å². The highest BCUT2D eigenvalue weighted by atomic mass is 16.5. The summed E-state index contributed by atoms with van der Waals surface area (Å²) in [5.41, 5.74) is 4.92. The second-order valence-electron chi connectivity index (χ2n) is 5.04. The van der Waals surface area contributed by atoms with Crippen molar-refractivity contribution < 1.29 is 4.74 Å². The van der Waals surface area contributed by atoms with E-state index in [9.17, 15) is 0 Å². The van der Waals surface area contributed by atoms with E-state index in [-0.39, 0.29) is 12.1 Å². The molecule has 4 heteroatoms. The van der Waals surface area contributed by atoms with Crippen LogP contribution < -0.4 is 11.3 Å². The van der Waals surface area contributed by atoms with Crippen LogP contribution in [0.15, 0.2) is 36.4 Å². The lowest BCUT2D eigenvalue weighted by molar-refractivity contribution is 0.0606. The summed E-state index contributed by atoms with van der Waals surface area (Å²) in [6, 6.07) is 12.4. The van der Waals surface area contributed by atoms with Crippen LogP contribution in [0.3, 0.4) is 0 Å². The van der Waals surface area contributed by atoms with Crippen LogP contribution in [-0.2, 0) is 11.2 Å². The van der Waals surface area contributed by atoms with Gasteiger partial charge in [0.05, 0.1) is 17.7 Å². The molecule has 0 saturated carbocycles. The summed E-state index contributed by atoms with van der Waals surface area (Å²) >= 11 is 0. The zero-order chi connectivity index (χ0) is 14.4. The monoisotopic (exact) mass is 273 g/mol. The van der Waals surface area contributed by atoms with Crippen LogP contribution >= 0.6 is 0 Å². The third kappa shape index (κ3) is 3.54. The molecular weight excluding hydrogens is 250 g/mol. The summed E-state index contributed by atoms with van der Waals surface area (Å²) in [5.74, 6) is 5.68. The first kappa shape index (κ1) is 14.9. The largest absolute Gasteiger partial charge is 0.380 e.